The van der Waals surface area contributed by atoms with Gasteiger partial charge >= 0.3 is 0 Å². The van der Waals surface area contributed by atoms with E-state index < -0.39 is 0 Å². The molecule has 0 amide bonds. The lowest BCUT2D eigenvalue weighted by Gasteiger charge is -2.27. The van der Waals surface area contributed by atoms with E-state index in [2.05, 4.69) is 50.3 Å². The molecule has 0 bridgehead atoms. The van der Waals surface area contributed by atoms with Crippen LogP contribution in [0.15, 0.2) is 59.5 Å². The minimum atomic E-state index is -0.0160. The first-order valence-corrected chi connectivity index (χ1v) is 10.2. The summed E-state index contributed by atoms with van der Waals surface area (Å²) in [5.74, 6) is 1.54. The van der Waals surface area contributed by atoms with Gasteiger partial charge in [-0.3, -0.25) is 9.69 Å². The molecule has 2 aromatic carbocycles. The molecule has 0 aliphatic carbocycles. The van der Waals surface area contributed by atoms with Gasteiger partial charge in [0, 0.05) is 43.2 Å². The molecule has 6 heteroatoms. The van der Waals surface area contributed by atoms with Gasteiger partial charge in [0.2, 0.25) is 0 Å². The standard InChI is InChI=1S/C24H24N4O2/c1-16-26-23-9-10-28(14-21(23)24(29)27-16)13-18-12-25-22-8-7-19(11-20(18)22)30-15-17-5-3-2-4-6-17/h2-8,11-12,25H,9-10,13-15H2,1H3,(H,26,27,29). The van der Waals surface area contributed by atoms with E-state index in [1.54, 1.807) is 0 Å². The highest BCUT2D eigenvalue weighted by Crippen LogP contribution is 2.26. The van der Waals surface area contributed by atoms with Crippen molar-refractivity contribution in [1.29, 1.82) is 0 Å². The molecule has 0 fully saturated rings. The Morgan fingerprint density at radius 3 is 2.90 bits per heavy atom. The highest BCUT2D eigenvalue weighted by atomic mass is 16.5. The zero-order valence-corrected chi connectivity index (χ0v) is 16.9. The number of hydrogen-bond donors (Lipinski definition) is 2. The number of ether oxygens (including phenoxy) is 1. The van der Waals surface area contributed by atoms with E-state index in [1.165, 1.54) is 5.56 Å². The molecule has 2 aromatic heterocycles. The molecule has 0 atom stereocenters. The van der Waals surface area contributed by atoms with E-state index in [1.807, 2.05) is 31.2 Å². The Kier molecular flexibility index (Phi) is 4.85. The van der Waals surface area contributed by atoms with E-state index >= 15 is 0 Å². The van der Waals surface area contributed by atoms with E-state index in [0.29, 0.717) is 19.0 Å². The largest absolute Gasteiger partial charge is 0.489 e. The lowest BCUT2D eigenvalue weighted by atomic mass is 10.1. The molecule has 0 unspecified atom stereocenters. The summed E-state index contributed by atoms with van der Waals surface area (Å²) in [6.45, 7) is 4.66. The van der Waals surface area contributed by atoms with E-state index in [-0.39, 0.29) is 5.56 Å². The van der Waals surface area contributed by atoms with Crippen molar-refractivity contribution in [3.05, 3.63) is 93.3 Å². The number of aromatic amines is 2. The van der Waals surface area contributed by atoms with Crippen LogP contribution < -0.4 is 10.3 Å². The fourth-order valence-electron chi connectivity index (χ4n) is 4.10. The highest BCUT2D eigenvalue weighted by Gasteiger charge is 2.21. The minimum Gasteiger partial charge on any atom is -0.489 e. The minimum absolute atomic E-state index is 0.0160. The van der Waals surface area contributed by atoms with Gasteiger partial charge < -0.3 is 14.7 Å². The van der Waals surface area contributed by atoms with E-state index in [0.717, 1.165) is 53.0 Å². The lowest BCUT2D eigenvalue weighted by molar-refractivity contribution is 0.242. The molecule has 5 rings (SSSR count). The monoisotopic (exact) mass is 400 g/mol. The zero-order valence-electron chi connectivity index (χ0n) is 16.9. The first kappa shape index (κ1) is 18.6. The molecule has 0 radical (unpaired) electrons. The summed E-state index contributed by atoms with van der Waals surface area (Å²) >= 11 is 0. The number of aromatic nitrogens is 3. The Balaban J connectivity index is 1.34. The second-order valence-corrected chi connectivity index (χ2v) is 7.83. The molecule has 30 heavy (non-hydrogen) atoms. The van der Waals surface area contributed by atoms with Crippen LogP contribution in [0.2, 0.25) is 0 Å². The molecule has 4 aromatic rings. The molecular formula is C24H24N4O2. The SMILES string of the molecule is Cc1nc2c(c(=O)[nH]1)CN(Cc1c[nH]c3ccc(OCc4ccccc4)cc13)CC2. The maximum atomic E-state index is 12.3. The highest BCUT2D eigenvalue weighted by molar-refractivity contribution is 5.84. The number of fused-ring (bicyclic) bond motifs is 2. The summed E-state index contributed by atoms with van der Waals surface area (Å²) in [6, 6.07) is 16.3. The number of benzene rings is 2. The third-order valence-corrected chi connectivity index (χ3v) is 5.65. The zero-order chi connectivity index (χ0) is 20.5. The Bertz CT molecular complexity index is 1240. The Labute approximate surface area is 174 Å². The molecule has 152 valence electrons. The predicted octanol–water partition coefficient (Wildman–Crippen LogP) is 3.70. The van der Waals surface area contributed by atoms with Crippen molar-refractivity contribution in [2.45, 2.75) is 33.0 Å². The maximum Gasteiger partial charge on any atom is 0.255 e. The number of H-pyrrole nitrogens is 2. The third kappa shape index (κ3) is 3.74. The smallest absolute Gasteiger partial charge is 0.255 e. The second-order valence-electron chi connectivity index (χ2n) is 7.83. The fourth-order valence-corrected chi connectivity index (χ4v) is 4.10. The quantitative estimate of drug-likeness (QED) is 0.536. The third-order valence-electron chi connectivity index (χ3n) is 5.65. The van der Waals surface area contributed by atoms with Gasteiger partial charge in [0.15, 0.2) is 0 Å². The summed E-state index contributed by atoms with van der Waals surface area (Å²) in [7, 11) is 0. The van der Waals surface area contributed by atoms with Crippen molar-refractivity contribution in [2.75, 3.05) is 6.54 Å². The number of nitrogens with zero attached hydrogens (tertiary/aromatic N) is 2. The summed E-state index contributed by atoms with van der Waals surface area (Å²) in [5.41, 5.74) is 5.15. The van der Waals surface area contributed by atoms with E-state index in [4.69, 9.17) is 4.74 Å². The first-order valence-electron chi connectivity index (χ1n) is 10.2. The molecule has 0 spiro atoms. The van der Waals surface area contributed by atoms with E-state index in [9.17, 15) is 4.79 Å². The van der Waals surface area contributed by atoms with Gasteiger partial charge in [0.1, 0.15) is 18.2 Å². The van der Waals surface area contributed by atoms with Crippen molar-refractivity contribution in [3.63, 3.8) is 0 Å². The van der Waals surface area contributed by atoms with Crippen LogP contribution in [0, 0.1) is 6.92 Å². The van der Waals surface area contributed by atoms with Crippen molar-refractivity contribution < 1.29 is 4.74 Å². The number of aryl methyl sites for hydroxylation is 1. The second kappa shape index (κ2) is 7.80. The van der Waals surface area contributed by atoms with Crippen molar-refractivity contribution >= 4 is 10.9 Å². The average molecular weight is 400 g/mol. The summed E-state index contributed by atoms with van der Waals surface area (Å²) in [5, 5.41) is 1.15. The van der Waals surface area contributed by atoms with Crippen LogP contribution in [0.1, 0.15) is 28.2 Å². The van der Waals surface area contributed by atoms with Crippen molar-refractivity contribution in [3.8, 4) is 5.75 Å². The van der Waals surface area contributed by atoms with Crippen LogP contribution in [0.25, 0.3) is 10.9 Å². The van der Waals surface area contributed by atoms with Gasteiger partial charge in [-0.15, -0.1) is 0 Å². The number of nitrogens with one attached hydrogen (secondary N) is 2. The number of rotatable bonds is 5. The molecule has 0 saturated carbocycles. The van der Waals surface area contributed by atoms with Crippen molar-refractivity contribution in [1.82, 2.24) is 19.9 Å². The van der Waals surface area contributed by atoms with Gasteiger partial charge in [-0.2, -0.15) is 0 Å². The van der Waals surface area contributed by atoms with Crippen LogP contribution in [-0.4, -0.2) is 26.4 Å². The van der Waals surface area contributed by atoms with Gasteiger partial charge in [-0.25, -0.2) is 4.98 Å². The van der Waals surface area contributed by atoms with Crippen LogP contribution in [0.3, 0.4) is 0 Å². The molecule has 1 aliphatic heterocycles. The van der Waals surface area contributed by atoms with Gasteiger partial charge in [0.05, 0.1) is 11.3 Å². The molecule has 2 N–H and O–H groups in total. The van der Waals surface area contributed by atoms with Crippen LogP contribution >= 0.6 is 0 Å². The molecule has 0 saturated heterocycles. The Hall–Kier alpha value is -3.38. The molecule has 6 nitrogen and oxygen atoms in total. The van der Waals surface area contributed by atoms with Crippen LogP contribution in [-0.2, 0) is 26.1 Å². The van der Waals surface area contributed by atoms with Gasteiger partial charge in [-0.1, -0.05) is 30.3 Å². The van der Waals surface area contributed by atoms with Crippen molar-refractivity contribution in [2.24, 2.45) is 0 Å². The fraction of sp³-hybridized carbons (Fsp3) is 0.250. The maximum absolute atomic E-state index is 12.3. The normalized spacial score (nSPS) is 14.0. The molecular weight excluding hydrogens is 376 g/mol. The van der Waals surface area contributed by atoms with Gasteiger partial charge in [-0.05, 0) is 36.2 Å². The topological polar surface area (TPSA) is 74.0 Å². The lowest BCUT2D eigenvalue weighted by Crippen LogP contribution is -2.35. The predicted molar refractivity (Wildman–Crippen MR) is 116 cm³/mol. The van der Waals surface area contributed by atoms with Crippen LogP contribution in [0.5, 0.6) is 5.75 Å². The average Bonchev–Trinajstić information content (AvgIpc) is 3.15. The van der Waals surface area contributed by atoms with Gasteiger partial charge in [0.25, 0.3) is 5.56 Å². The Morgan fingerprint density at radius 2 is 2.03 bits per heavy atom. The summed E-state index contributed by atoms with van der Waals surface area (Å²) < 4.78 is 6.01. The number of hydrogen-bond acceptors (Lipinski definition) is 4. The molecule has 1 aliphatic rings. The molecule has 3 heterocycles. The summed E-state index contributed by atoms with van der Waals surface area (Å²) in [6.07, 6.45) is 2.85. The van der Waals surface area contributed by atoms with Crippen LogP contribution in [0.4, 0.5) is 0 Å². The Morgan fingerprint density at radius 1 is 1.17 bits per heavy atom. The first-order chi connectivity index (χ1) is 14.7. The summed E-state index contributed by atoms with van der Waals surface area (Å²) in [4.78, 5) is 25.3.